The van der Waals surface area contributed by atoms with E-state index in [1.54, 1.807) is 6.92 Å². The predicted octanol–water partition coefficient (Wildman–Crippen LogP) is 5.08. The van der Waals surface area contributed by atoms with Gasteiger partial charge in [-0.25, -0.2) is 0 Å². The lowest BCUT2D eigenvalue weighted by Gasteiger charge is -2.10. The van der Waals surface area contributed by atoms with E-state index in [1.165, 1.54) is 23.8 Å². The number of benzene rings is 1. The Balaban J connectivity index is 2.28. The molecule has 1 aromatic carbocycles. The molecular weight excluding hydrogens is 472 g/mol. The van der Waals surface area contributed by atoms with Crippen molar-refractivity contribution in [1.29, 1.82) is 0 Å². The Kier molecular flexibility index (Phi) is 6.05. The van der Waals surface area contributed by atoms with Gasteiger partial charge in [0.2, 0.25) is 0 Å². The molecule has 4 nitrogen and oxygen atoms in total. The average molecular weight is 486 g/mol. The SMILES string of the molecule is CC1=CI=C(/C(C)=N/OS(=O)(=O)c2cc(Cl)ccc2Cl)C(C)=C1. The molecule has 23 heavy (non-hydrogen) atoms. The van der Waals surface area contributed by atoms with Gasteiger partial charge in [-0.1, -0.05) is 55.2 Å². The van der Waals surface area contributed by atoms with Gasteiger partial charge in [-0.2, -0.15) is 8.42 Å². The van der Waals surface area contributed by atoms with Gasteiger partial charge in [0.05, 0.1) is 10.7 Å². The molecule has 0 N–H and O–H groups in total. The number of halogens is 3. The summed E-state index contributed by atoms with van der Waals surface area (Å²) in [5, 5.41) is 4.08. The first-order valence-corrected chi connectivity index (χ1v) is 11.0. The maximum absolute atomic E-state index is 12.2. The van der Waals surface area contributed by atoms with Crippen molar-refractivity contribution in [1.82, 2.24) is 0 Å². The summed E-state index contributed by atoms with van der Waals surface area (Å²) in [7, 11) is -4.12. The van der Waals surface area contributed by atoms with Crippen LogP contribution >= 0.6 is 43.9 Å². The Bertz CT molecular complexity index is 871. The summed E-state index contributed by atoms with van der Waals surface area (Å²) in [6.45, 7) is 5.75. The van der Waals surface area contributed by atoms with Gasteiger partial charge in [-0.3, -0.25) is 4.28 Å². The van der Waals surface area contributed by atoms with Crippen molar-refractivity contribution >= 4 is 63.3 Å². The van der Waals surface area contributed by atoms with Crippen LogP contribution < -0.4 is 0 Å². The molecule has 0 saturated heterocycles. The van der Waals surface area contributed by atoms with Gasteiger partial charge in [0.1, 0.15) is 4.90 Å². The van der Waals surface area contributed by atoms with Crippen molar-refractivity contribution in [3.05, 3.63) is 49.5 Å². The molecule has 1 aromatic rings. The highest BCUT2D eigenvalue weighted by atomic mass is 127. The van der Waals surface area contributed by atoms with Crippen LogP contribution in [0.2, 0.25) is 10.0 Å². The van der Waals surface area contributed by atoms with Gasteiger partial charge in [-0.15, -0.1) is 0 Å². The van der Waals surface area contributed by atoms with E-state index >= 15 is 0 Å². The Labute approximate surface area is 155 Å². The zero-order valence-corrected chi connectivity index (χ0v) is 17.1. The van der Waals surface area contributed by atoms with Crippen LogP contribution in [0, 0.1) is 0 Å². The van der Waals surface area contributed by atoms with Crippen molar-refractivity contribution in [3.63, 3.8) is 0 Å². The lowest BCUT2D eigenvalue weighted by Crippen LogP contribution is -2.13. The van der Waals surface area contributed by atoms with Crippen molar-refractivity contribution in [2.24, 2.45) is 5.16 Å². The monoisotopic (exact) mass is 485 g/mol. The molecule has 124 valence electrons. The van der Waals surface area contributed by atoms with E-state index in [0.29, 0.717) is 5.71 Å². The molecule has 1 aliphatic heterocycles. The number of hydrogen-bond acceptors (Lipinski definition) is 4. The first kappa shape index (κ1) is 18.6. The Morgan fingerprint density at radius 3 is 2.61 bits per heavy atom. The van der Waals surface area contributed by atoms with E-state index in [9.17, 15) is 8.42 Å². The van der Waals surface area contributed by atoms with Gasteiger partial charge in [-0.05, 0) is 54.2 Å². The van der Waals surface area contributed by atoms with Crippen LogP contribution in [0.3, 0.4) is 0 Å². The fourth-order valence-corrected chi connectivity index (χ4v) is 5.57. The maximum Gasteiger partial charge on any atom is 0.360 e. The molecule has 0 unspecified atom stereocenters. The van der Waals surface area contributed by atoms with E-state index < -0.39 is 10.1 Å². The normalized spacial score (nSPS) is 16.0. The molecule has 0 saturated carbocycles. The third kappa shape index (κ3) is 4.65. The summed E-state index contributed by atoms with van der Waals surface area (Å²) >= 11 is 11.4. The molecule has 0 amide bonds. The van der Waals surface area contributed by atoms with Crippen LogP contribution in [0.1, 0.15) is 20.8 Å². The van der Waals surface area contributed by atoms with Crippen molar-refractivity contribution in [2.45, 2.75) is 25.7 Å². The van der Waals surface area contributed by atoms with Crippen molar-refractivity contribution < 1.29 is 12.7 Å². The quantitative estimate of drug-likeness (QED) is 0.339. The van der Waals surface area contributed by atoms with Crippen LogP contribution in [0.5, 0.6) is 0 Å². The van der Waals surface area contributed by atoms with Crippen LogP contribution in [-0.2, 0) is 14.4 Å². The van der Waals surface area contributed by atoms with E-state index in [4.69, 9.17) is 27.5 Å². The lowest BCUT2D eigenvalue weighted by atomic mass is 10.1. The molecule has 0 aromatic heterocycles. The van der Waals surface area contributed by atoms with Crippen molar-refractivity contribution in [2.75, 3.05) is 0 Å². The molecule has 1 aliphatic rings. The van der Waals surface area contributed by atoms with E-state index in [0.717, 1.165) is 9.08 Å². The smallest absolute Gasteiger partial charge is 0.264 e. The third-order valence-corrected chi connectivity index (χ3v) is 8.25. The van der Waals surface area contributed by atoms with E-state index in [2.05, 4.69) is 9.24 Å². The second-order valence-electron chi connectivity index (χ2n) is 4.88. The molecule has 0 fully saturated rings. The minimum Gasteiger partial charge on any atom is -0.264 e. The van der Waals surface area contributed by atoms with E-state index in [-0.39, 0.29) is 35.7 Å². The highest BCUT2D eigenvalue weighted by molar-refractivity contribution is 14.2. The largest absolute Gasteiger partial charge is 0.360 e. The molecule has 8 heteroatoms. The van der Waals surface area contributed by atoms with Gasteiger partial charge in [0, 0.05) is 8.53 Å². The average Bonchev–Trinajstić information content (AvgIpc) is 2.47. The topological polar surface area (TPSA) is 55.7 Å². The molecule has 0 aliphatic carbocycles. The highest BCUT2D eigenvalue weighted by Gasteiger charge is 2.21. The number of oxime groups is 1. The molecule has 0 radical (unpaired) electrons. The fraction of sp³-hybridized carbons (Fsp3) is 0.200. The molecule has 2 rings (SSSR count). The van der Waals surface area contributed by atoms with Crippen LogP contribution in [0.15, 0.2) is 49.6 Å². The number of rotatable bonds is 4. The standard InChI is InChI=1S/C15H14Cl2INO3S/c1-9-6-10(2)15(18-8-9)11(3)19-22-23(20,21)14-7-12(16)4-5-13(14)17/h4-8H,1-3H3/b19-11+. The van der Waals surface area contributed by atoms with Gasteiger partial charge >= 0.3 is 10.1 Å². The molecule has 0 bridgehead atoms. The molecule has 0 spiro atoms. The summed E-state index contributed by atoms with van der Waals surface area (Å²) in [4.78, 5) is -0.199. The van der Waals surface area contributed by atoms with Gasteiger partial charge in [0.15, 0.2) is 0 Å². The van der Waals surface area contributed by atoms with Crippen LogP contribution in [-0.4, -0.2) is 17.6 Å². The minimum absolute atomic E-state index is 0.0367. The summed E-state index contributed by atoms with van der Waals surface area (Å²) in [6, 6.07) is 4.14. The first-order chi connectivity index (χ1) is 10.7. The third-order valence-electron chi connectivity index (χ3n) is 2.88. The molecular formula is C15H14Cl2INO3S. The Hall–Kier alpha value is -0.700. The minimum atomic E-state index is -4.12. The second-order valence-corrected chi connectivity index (χ2v) is 9.55. The van der Waals surface area contributed by atoms with Crippen LogP contribution in [0.25, 0.3) is 0 Å². The lowest BCUT2D eigenvalue weighted by molar-refractivity contribution is 0.339. The number of nitrogens with zero attached hydrogens (tertiary/aromatic N) is 1. The first-order valence-electron chi connectivity index (χ1n) is 6.50. The predicted molar refractivity (Wildman–Crippen MR) is 104 cm³/mol. The number of allylic oxidation sites excluding steroid dienone is 3. The zero-order valence-electron chi connectivity index (χ0n) is 12.6. The molecule has 0 atom stereocenters. The summed E-state index contributed by atoms with van der Waals surface area (Å²) in [5.41, 5.74) is 2.85. The summed E-state index contributed by atoms with van der Waals surface area (Å²) in [5.74, 6) is 0. The zero-order chi connectivity index (χ0) is 17.2. The number of hydrogen-bond donors (Lipinski definition) is 0. The Morgan fingerprint density at radius 1 is 1.26 bits per heavy atom. The maximum atomic E-state index is 12.2. The second kappa shape index (κ2) is 7.46. The summed E-state index contributed by atoms with van der Waals surface area (Å²) in [6.07, 6.45) is 2.04. The Morgan fingerprint density at radius 2 is 1.96 bits per heavy atom. The molecule has 1 heterocycles. The van der Waals surface area contributed by atoms with Crippen LogP contribution in [0.4, 0.5) is 0 Å². The highest BCUT2D eigenvalue weighted by Crippen LogP contribution is 2.27. The van der Waals surface area contributed by atoms with Gasteiger partial charge in [0.25, 0.3) is 0 Å². The fourth-order valence-electron chi connectivity index (χ4n) is 1.88. The van der Waals surface area contributed by atoms with Gasteiger partial charge < -0.3 is 0 Å². The van der Waals surface area contributed by atoms with E-state index in [1.807, 2.05) is 19.9 Å². The van der Waals surface area contributed by atoms with Crippen molar-refractivity contribution in [3.8, 4) is 0 Å². The summed E-state index contributed by atoms with van der Waals surface area (Å²) < 4.78 is 32.5.